The highest BCUT2D eigenvalue weighted by Crippen LogP contribution is 2.46. The lowest BCUT2D eigenvalue weighted by Gasteiger charge is -2.40. The second-order valence-electron chi connectivity index (χ2n) is 24.8. The highest BCUT2D eigenvalue weighted by Gasteiger charge is 2.48. The second-order valence-corrected chi connectivity index (χ2v) is 35.5. The fourth-order valence-corrected chi connectivity index (χ4v) is 12.0. The zero-order valence-electron chi connectivity index (χ0n) is 52.1. The molecule has 0 radical (unpaired) electrons. The molecule has 2 saturated heterocycles. The molecule has 2 fully saturated rings. The molecule has 2 aliphatic heterocycles. The molecule has 456 valence electrons. The summed E-state index contributed by atoms with van der Waals surface area (Å²) in [4.78, 5) is 24.8. The number of benzene rings is 2. The van der Waals surface area contributed by atoms with Crippen molar-refractivity contribution in [3.8, 4) is 11.5 Å². The van der Waals surface area contributed by atoms with Crippen LogP contribution in [0, 0.1) is 11.8 Å². The molecular weight excluding hydrogens is 1290 g/mol. The van der Waals surface area contributed by atoms with Crippen LogP contribution in [0.15, 0.2) is 118 Å². The first-order valence-electron chi connectivity index (χ1n) is 28.0. The minimum absolute atomic E-state index is 0.000844. The van der Waals surface area contributed by atoms with Crippen molar-refractivity contribution in [1.29, 1.82) is 0 Å². The molecule has 12 atom stereocenters. The molecule has 0 amide bonds. The monoisotopic (exact) mass is 1390 g/mol. The number of aliphatic carboxylic acids is 1. The summed E-state index contributed by atoms with van der Waals surface area (Å²) in [6.45, 7) is 49.1. The molecule has 4 rings (SSSR count). The van der Waals surface area contributed by atoms with Crippen LogP contribution in [0.25, 0.3) is 0 Å². The van der Waals surface area contributed by atoms with Crippen LogP contribution in [0.2, 0.25) is 36.3 Å². The van der Waals surface area contributed by atoms with Gasteiger partial charge in [-0.1, -0.05) is 149 Å². The lowest BCUT2D eigenvalue weighted by atomic mass is 9.91. The first-order valence-corrected chi connectivity index (χ1v) is 36.3. The van der Waals surface area contributed by atoms with Crippen LogP contribution in [0.5, 0.6) is 11.5 Å². The Labute approximate surface area is 517 Å². The van der Waals surface area contributed by atoms with Crippen molar-refractivity contribution >= 4 is 73.8 Å². The summed E-state index contributed by atoms with van der Waals surface area (Å²) in [5, 5.41) is 18.9. The summed E-state index contributed by atoms with van der Waals surface area (Å²) in [6.07, 6.45) is 6.62. The number of carboxylic acid groups (broad SMARTS) is 1. The molecule has 0 aromatic heterocycles. The van der Waals surface area contributed by atoms with E-state index in [2.05, 4.69) is 139 Å². The molecule has 81 heavy (non-hydrogen) atoms. The molecule has 0 bridgehead atoms. The van der Waals surface area contributed by atoms with E-state index in [-0.39, 0.29) is 77.3 Å². The van der Waals surface area contributed by atoms with Crippen LogP contribution < -0.4 is 9.47 Å². The van der Waals surface area contributed by atoms with Gasteiger partial charge in [0.05, 0.1) is 56.6 Å². The number of rotatable bonds is 27. The van der Waals surface area contributed by atoms with Crippen LogP contribution in [-0.4, -0.2) is 101 Å². The largest absolute Gasteiger partial charge is 0.497 e. The molecule has 0 saturated carbocycles. The smallest absolute Gasteiger partial charge is 0.308 e. The average Bonchev–Trinajstić information content (AvgIpc) is 3.98. The average molecular weight is 1390 g/mol. The van der Waals surface area contributed by atoms with E-state index in [4.69, 9.17) is 42.0 Å². The SMILES string of the molecule is C=C[C@@H](C)[C@@H](O)/C(C)=C/I.C=C[C@@H](C)[C@@H](OC(=O)C[C@@H](CC[C@@]1(C)OC(c2ccc(OC)cc2)O[C@H]1C=C)O[Si](C)(C)C(C)(C)C)/C(C)=C/I.C=C[C@@H]1OC(c2ccc(OC)cc2)O[C@]1(C)CC[C@H](CC(=O)O)O[Si](C)(C)C(C)(C)C. The van der Waals surface area contributed by atoms with Crippen molar-refractivity contribution in [2.45, 2.75) is 218 Å². The number of hydrogen-bond donors (Lipinski definition) is 2. The number of esters is 1. The van der Waals surface area contributed by atoms with Crippen LogP contribution in [-0.2, 0) is 42.1 Å². The third-order valence-electron chi connectivity index (χ3n) is 16.2. The fourth-order valence-electron chi connectivity index (χ4n) is 8.53. The standard InChI is InChI=1S/C32H49IO6Si.C24H38O6Si.C8H13IO/c1-12-22(3)29(23(4)21-33)37-28(34)20-26(39-40(10,11)31(5,6)7)18-19-32(8)27(13-2)36-30(38-32)24-14-16-25(35-9)17-15-24;1-9-20-24(5,29-22(28-20)17-10-12-18(27-6)13-11-17)15-14-19(16-21(25)26)30-31(7,8)23(2,3)4;1-4-6(2)8(10)7(3)5-9/h12-17,21-22,26-27,29-30H,1-2,18-20H2,3-11H3;9-13,19-20,22H,1,14-16H2,2-8H3,(H,25,26);4-6,8,10H,1H2,2-3H3/b23-21+;;7-5+/t22-,26-,27+,29-,30?,32-;19-,20+,22?,24-;6-,8-/m111/s1. The lowest BCUT2D eigenvalue weighted by molar-refractivity contribution is -0.151. The Morgan fingerprint density at radius 3 is 1.35 bits per heavy atom. The summed E-state index contributed by atoms with van der Waals surface area (Å²) in [5.74, 6) is 0.561. The van der Waals surface area contributed by atoms with Gasteiger partial charge in [-0.15, -0.1) is 26.3 Å². The quantitative estimate of drug-likeness (QED) is 0.0377. The van der Waals surface area contributed by atoms with Crippen LogP contribution in [0.3, 0.4) is 0 Å². The zero-order valence-corrected chi connectivity index (χ0v) is 58.4. The molecule has 2 N–H and O–H groups in total. The van der Waals surface area contributed by atoms with E-state index in [1.165, 1.54) is 0 Å². The maximum atomic E-state index is 13.3. The number of aliphatic hydroxyl groups is 1. The van der Waals surface area contributed by atoms with Crippen molar-refractivity contribution < 1.29 is 61.8 Å². The summed E-state index contributed by atoms with van der Waals surface area (Å²) in [5.41, 5.74) is 2.54. The predicted molar refractivity (Wildman–Crippen MR) is 350 cm³/mol. The minimum Gasteiger partial charge on any atom is -0.497 e. The number of aliphatic hydroxyl groups excluding tert-OH is 1. The molecule has 2 heterocycles. The van der Waals surface area contributed by atoms with Gasteiger partial charge in [-0.3, -0.25) is 9.59 Å². The topological polar surface area (TPSA) is 158 Å². The van der Waals surface area contributed by atoms with Crippen molar-refractivity contribution in [3.05, 3.63) is 130 Å². The highest BCUT2D eigenvalue weighted by molar-refractivity contribution is 14.1. The normalized spacial score (nSPS) is 23.9. The van der Waals surface area contributed by atoms with Crippen LogP contribution >= 0.6 is 45.2 Å². The molecule has 0 spiro atoms. The molecule has 2 aromatic carbocycles. The third-order valence-corrected chi connectivity index (χ3v) is 27.2. The van der Waals surface area contributed by atoms with Crippen molar-refractivity contribution in [3.63, 3.8) is 0 Å². The number of hydrogen-bond acceptors (Lipinski definition) is 12. The van der Waals surface area contributed by atoms with Gasteiger partial charge >= 0.3 is 11.9 Å². The Bertz CT molecular complexity index is 2380. The summed E-state index contributed by atoms with van der Waals surface area (Å²) >= 11 is 4.30. The Morgan fingerprint density at radius 1 is 0.667 bits per heavy atom. The van der Waals surface area contributed by atoms with Crippen molar-refractivity contribution in [2.75, 3.05) is 14.2 Å². The van der Waals surface area contributed by atoms with E-state index < -0.39 is 46.4 Å². The number of carbonyl (C=O) groups excluding carboxylic acids is 1. The van der Waals surface area contributed by atoms with Gasteiger partial charge in [-0.2, -0.15) is 0 Å². The van der Waals surface area contributed by atoms with Crippen LogP contribution in [0.1, 0.15) is 145 Å². The molecule has 2 aliphatic rings. The van der Waals surface area contributed by atoms with Gasteiger partial charge < -0.3 is 52.2 Å². The minimum atomic E-state index is -2.17. The van der Waals surface area contributed by atoms with Gasteiger partial charge in [0.1, 0.15) is 29.8 Å². The molecule has 2 unspecified atom stereocenters. The number of methoxy groups -OCH3 is 2. The number of ether oxygens (including phenoxy) is 7. The maximum absolute atomic E-state index is 13.3. The molecule has 17 heteroatoms. The van der Waals surface area contributed by atoms with Crippen molar-refractivity contribution in [1.82, 2.24) is 0 Å². The lowest BCUT2D eigenvalue weighted by Crippen LogP contribution is -2.45. The molecule has 13 nitrogen and oxygen atoms in total. The van der Waals surface area contributed by atoms with Gasteiger partial charge in [0.2, 0.25) is 0 Å². The highest BCUT2D eigenvalue weighted by atomic mass is 127. The van der Waals surface area contributed by atoms with E-state index in [0.29, 0.717) is 25.7 Å². The summed E-state index contributed by atoms with van der Waals surface area (Å²) < 4.78 is 58.8. The van der Waals surface area contributed by atoms with Gasteiger partial charge in [0.15, 0.2) is 29.2 Å². The van der Waals surface area contributed by atoms with E-state index in [1.54, 1.807) is 32.4 Å². The Kier molecular flexibility index (Phi) is 30.3. The number of carboxylic acids is 1. The maximum Gasteiger partial charge on any atom is 0.308 e. The fraction of sp³-hybridized carbons (Fsp3) is 0.594. The van der Waals surface area contributed by atoms with Gasteiger partial charge in [0.25, 0.3) is 0 Å². The van der Waals surface area contributed by atoms with Gasteiger partial charge in [-0.05, 0) is 133 Å². The number of halogens is 2. The van der Waals surface area contributed by atoms with Crippen molar-refractivity contribution in [2.24, 2.45) is 11.8 Å². The Morgan fingerprint density at radius 2 is 1.04 bits per heavy atom. The molecular formula is C64H100I2O13Si2. The third kappa shape index (κ3) is 22.4. The van der Waals surface area contributed by atoms with E-state index in [9.17, 15) is 19.8 Å². The van der Waals surface area contributed by atoms with E-state index >= 15 is 0 Å². The zero-order chi connectivity index (χ0) is 61.9. The van der Waals surface area contributed by atoms with E-state index in [1.807, 2.05) is 104 Å². The first-order chi connectivity index (χ1) is 37.5. The molecule has 2 aromatic rings. The Hall–Kier alpha value is -2.97. The molecule has 0 aliphatic carbocycles. The summed E-state index contributed by atoms with van der Waals surface area (Å²) in [7, 11) is -1.01. The summed E-state index contributed by atoms with van der Waals surface area (Å²) in [6, 6.07) is 15.3. The first kappa shape index (κ1) is 74.1. The second kappa shape index (κ2) is 33.1. The predicted octanol–water partition coefficient (Wildman–Crippen LogP) is 16.9. The van der Waals surface area contributed by atoms with Crippen LogP contribution in [0.4, 0.5) is 0 Å². The number of carbonyl (C=O) groups is 2. The van der Waals surface area contributed by atoms with Gasteiger partial charge in [0, 0.05) is 23.0 Å². The Balaban J connectivity index is 0.000000483. The van der Waals surface area contributed by atoms with E-state index in [0.717, 1.165) is 33.8 Å². The van der Waals surface area contributed by atoms with Gasteiger partial charge in [-0.25, -0.2) is 0 Å².